The van der Waals surface area contributed by atoms with Crippen molar-refractivity contribution in [2.45, 2.75) is 26.5 Å². The molecule has 2 N–H and O–H groups in total. The van der Waals surface area contributed by atoms with Gasteiger partial charge in [0.05, 0.1) is 17.8 Å². The molecule has 4 aromatic rings. The molecule has 9 heteroatoms. The van der Waals surface area contributed by atoms with Crippen LogP contribution in [0.3, 0.4) is 0 Å². The first kappa shape index (κ1) is 21.6. The number of ether oxygens (including phenoxy) is 2. The van der Waals surface area contributed by atoms with Gasteiger partial charge >= 0.3 is 0 Å². The normalized spacial score (nSPS) is 15.0. The number of aliphatic imine (C=N–C) groups is 1. The Morgan fingerprint density at radius 2 is 1.91 bits per heavy atom. The quantitative estimate of drug-likeness (QED) is 0.421. The fraction of sp³-hybridized carbons (Fsp3) is 0.200. The topological polar surface area (TPSA) is 93.6 Å². The molecule has 172 valence electrons. The van der Waals surface area contributed by atoms with Crippen LogP contribution < -0.4 is 15.4 Å². The summed E-state index contributed by atoms with van der Waals surface area (Å²) < 4.78 is 24.7. The molecule has 5 rings (SSSR count). The molecule has 1 aliphatic rings. The maximum atomic E-state index is 13.3. The molecule has 0 aliphatic carbocycles. The second kappa shape index (κ2) is 9.30. The first-order valence-electron chi connectivity index (χ1n) is 10.9. The number of fused-ring (bicyclic) bond motifs is 1. The largest absolute Gasteiger partial charge is 0.489 e. The second-order valence-electron chi connectivity index (χ2n) is 8.08. The van der Waals surface area contributed by atoms with Crippen molar-refractivity contribution in [3.8, 4) is 5.75 Å². The van der Waals surface area contributed by atoms with E-state index in [1.54, 1.807) is 6.20 Å². The second-order valence-corrected chi connectivity index (χ2v) is 8.08. The lowest BCUT2D eigenvalue weighted by atomic mass is 10.1. The van der Waals surface area contributed by atoms with Crippen LogP contribution in [0.2, 0.25) is 0 Å². The fourth-order valence-corrected chi connectivity index (χ4v) is 3.62. The summed E-state index contributed by atoms with van der Waals surface area (Å²) in [6, 6.07) is 13.6. The Bertz CT molecular complexity index is 1380. The molecular formula is C25H23FN6O2. The van der Waals surface area contributed by atoms with Crippen LogP contribution >= 0.6 is 0 Å². The molecule has 34 heavy (non-hydrogen) atoms. The zero-order valence-corrected chi connectivity index (χ0v) is 18.7. The lowest BCUT2D eigenvalue weighted by Gasteiger charge is -2.13. The van der Waals surface area contributed by atoms with Crippen molar-refractivity contribution in [1.82, 2.24) is 15.0 Å². The molecule has 1 atom stereocenters. The standard InChI is InChI=1S/C25H23FN6O2/c1-15-7-19(4-6-23(15)33-13-17-8-18(26)11-27-10-17)31-24-21-9-20(3-5-22(21)28-14-29-24)32-25-30-16(2)12-34-25/h3-11,14,16H,12-13H2,1-2H3,(H,30,32)(H,28,29,31). The van der Waals surface area contributed by atoms with E-state index >= 15 is 0 Å². The van der Waals surface area contributed by atoms with E-state index in [0.29, 0.717) is 29.8 Å². The minimum absolute atomic E-state index is 0.143. The smallest absolute Gasteiger partial charge is 0.289 e. The van der Waals surface area contributed by atoms with Gasteiger partial charge in [-0.1, -0.05) is 0 Å². The van der Waals surface area contributed by atoms with Crippen molar-refractivity contribution in [2.75, 3.05) is 17.2 Å². The predicted molar refractivity (Wildman–Crippen MR) is 129 cm³/mol. The summed E-state index contributed by atoms with van der Waals surface area (Å²) in [6.07, 6.45) is 4.28. The van der Waals surface area contributed by atoms with Crippen LogP contribution in [-0.2, 0) is 11.3 Å². The van der Waals surface area contributed by atoms with E-state index in [0.717, 1.165) is 27.8 Å². The Morgan fingerprint density at radius 1 is 1.06 bits per heavy atom. The number of halogens is 1. The van der Waals surface area contributed by atoms with Crippen molar-refractivity contribution in [1.29, 1.82) is 0 Å². The van der Waals surface area contributed by atoms with Gasteiger partial charge in [0.2, 0.25) is 0 Å². The van der Waals surface area contributed by atoms with E-state index in [1.807, 2.05) is 50.2 Å². The third-order valence-corrected chi connectivity index (χ3v) is 5.28. The molecule has 2 aromatic heterocycles. The van der Waals surface area contributed by atoms with E-state index in [9.17, 15) is 4.39 Å². The van der Waals surface area contributed by atoms with Crippen molar-refractivity contribution in [2.24, 2.45) is 4.99 Å². The summed E-state index contributed by atoms with van der Waals surface area (Å²) >= 11 is 0. The highest BCUT2D eigenvalue weighted by Crippen LogP contribution is 2.29. The summed E-state index contributed by atoms with van der Waals surface area (Å²) in [4.78, 5) is 17.1. The van der Waals surface area contributed by atoms with Gasteiger partial charge in [-0.15, -0.1) is 0 Å². The Kier molecular flexibility index (Phi) is 5.90. The number of anilines is 3. The molecule has 0 saturated heterocycles. The summed E-state index contributed by atoms with van der Waals surface area (Å²) in [6.45, 7) is 4.76. The number of aromatic nitrogens is 3. The molecule has 0 radical (unpaired) electrons. The van der Waals surface area contributed by atoms with Crippen LogP contribution in [0.15, 0.2) is 66.2 Å². The molecule has 8 nitrogen and oxygen atoms in total. The van der Waals surface area contributed by atoms with Crippen LogP contribution in [0.25, 0.3) is 10.9 Å². The molecule has 2 aromatic carbocycles. The van der Waals surface area contributed by atoms with E-state index in [-0.39, 0.29) is 18.5 Å². The Hall–Kier alpha value is -4.27. The molecule has 0 fully saturated rings. The first-order valence-corrected chi connectivity index (χ1v) is 10.9. The highest BCUT2D eigenvalue weighted by Gasteiger charge is 2.15. The zero-order valence-electron chi connectivity index (χ0n) is 18.7. The van der Waals surface area contributed by atoms with Gasteiger partial charge in [0.25, 0.3) is 6.02 Å². The fourth-order valence-electron chi connectivity index (χ4n) is 3.62. The van der Waals surface area contributed by atoms with Gasteiger partial charge < -0.3 is 20.1 Å². The summed E-state index contributed by atoms with van der Waals surface area (Å²) in [5.74, 6) is 1.00. The maximum Gasteiger partial charge on any atom is 0.289 e. The van der Waals surface area contributed by atoms with Gasteiger partial charge in [0, 0.05) is 28.5 Å². The molecule has 0 amide bonds. The van der Waals surface area contributed by atoms with Gasteiger partial charge in [-0.3, -0.25) is 4.98 Å². The van der Waals surface area contributed by atoms with Crippen molar-refractivity contribution in [3.05, 3.63) is 78.1 Å². The number of hydrogen-bond acceptors (Lipinski definition) is 8. The van der Waals surface area contributed by atoms with Gasteiger partial charge in [-0.2, -0.15) is 0 Å². The van der Waals surface area contributed by atoms with E-state index in [2.05, 4.69) is 30.6 Å². The maximum absolute atomic E-state index is 13.3. The highest BCUT2D eigenvalue weighted by atomic mass is 19.1. The molecule has 1 aliphatic heterocycles. The number of benzene rings is 2. The number of pyridine rings is 1. The summed E-state index contributed by atoms with van der Waals surface area (Å²) in [5.41, 5.74) is 4.10. The van der Waals surface area contributed by atoms with Crippen LogP contribution in [0.1, 0.15) is 18.1 Å². The lowest BCUT2D eigenvalue weighted by molar-refractivity contribution is 0.303. The Morgan fingerprint density at radius 3 is 2.71 bits per heavy atom. The molecule has 0 spiro atoms. The van der Waals surface area contributed by atoms with E-state index in [1.165, 1.54) is 18.6 Å². The molecule has 0 saturated carbocycles. The molecule has 3 heterocycles. The molecule has 1 unspecified atom stereocenters. The van der Waals surface area contributed by atoms with Gasteiger partial charge in [0.15, 0.2) is 0 Å². The Balaban J connectivity index is 1.33. The number of nitrogens with one attached hydrogen (secondary N) is 2. The molecule has 0 bridgehead atoms. The monoisotopic (exact) mass is 458 g/mol. The minimum atomic E-state index is -0.383. The number of rotatable bonds is 6. The SMILES string of the molecule is Cc1cc(Nc2ncnc3ccc(NC4=NC(C)CO4)cc23)ccc1OCc1cncc(F)c1. The zero-order chi connectivity index (χ0) is 23.5. The highest BCUT2D eigenvalue weighted by molar-refractivity contribution is 5.97. The average Bonchev–Trinajstić information content (AvgIpc) is 3.23. The Labute approximate surface area is 195 Å². The van der Waals surface area contributed by atoms with Gasteiger partial charge in [-0.05, 0) is 61.9 Å². The minimum Gasteiger partial charge on any atom is -0.489 e. The number of aryl methyl sites for hydroxylation is 1. The predicted octanol–water partition coefficient (Wildman–Crippen LogP) is 4.98. The van der Waals surface area contributed by atoms with Gasteiger partial charge in [-0.25, -0.2) is 19.4 Å². The number of hydrogen-bond donors (Lipinski definition) is 2. The van der Waals surface area contributed by atoms with Crippen LogP contribution in [0.4, 0.5) is 21.6 Å². The van der Waals surface area contributed by atoms with Crippen LogP contribution in [-0.4, -0.2) is 33.6 Å². The average molecular weight is 458 g/mol. The summed E-state index contributed by atoms with van der Waals surface area (Å²) in [7, 11) is 0. The van der Waals surface area contributed by atoms with Crippen molar-refractivity contribution < 1.29 is 13.9 Å². The first-order chi connectivity index (χ1) is 16.5. The molecular weight excluding hydrogens is 435 g/mol. The van der Waals surface area contributed by atoms with Crippen molar-refractivity contribution in [3.63, 3.8) is 0 Å². The number of amidine groups is 1. The third kappa shape index (κ3) is 4.88. The summed E-state index contributed by atoms with van der Waals surface area (Å²) in [5, 5.41) is 7.43. The third-order valence-electron chi connectivity index (χ3n) is 5.28. The number of nitrogens with zero attached hydrogens (tertiary/aromatic N) is 4. The lowest BCUT2D eigenvalue weighted by Crippen LogP contribution is -2.11. The van der Waals surface area contributed by atoms with Crippen molar-refractivity contribution >= 4 is 34.1 Å². The van der Waals surface area contributed by atoms with Crippen LogP contribution in [0.5, 0.6) is 5.75 Å². The van der Waals surface area contributed by atoms with E-state index in [4.69, 9.17) is 9.47 Å². The van der Waals surface area contributed by atoms with Gasteiger partial charge in [0.1, 0.15) is 36.9 Å². The van der Waals surface area contributed by atoms with Crippen LogP contribution in [0, 0.1) is 12.7 Å². The van der Waals surface area contributed by atoms with E-state index < -0.39 is 0 Å².